The summed E-state index contributed by atoms with van der Waals surface area (Å²) in [6.07, 6.45) is 0. The quantitative estimate of drug-likeness (QED) is 0.802. The maximum atomic E-state index is 12.3. The molecule has 23 heavy (non-hydrogen) atoms. The van der Waals surface area contributed by atoms with E-state index in [4.69, 9.17) is 0 Å². The number of rotatable bonds is 4. The van der Waals surface area contributed by atoms with Crippen LogP contribution in [-0.2, 0) is 6.54 Å². The number of benzene rings is 2. The van der Waals surface area contributed by atoms with Gasteiger partial charge in [-0.1, -0.05) is 35.4 Å². The molecule has 2 aromatic carbocycles. The zero-order valence-corrected chi connectivity index (χ0v) is 13.0. The van der Waals surface area contributed by atoms with Crippen LogP contribution in [0, 0.1) is 13.8 Å². The lowest BCUT2D eigenvalue weighted by molar-refractivity contribution is 0.0949. The number of aryl methyl sites for hydroxylation is 2. The van der Waals surface area contributed by atoms with Crippen LogP contribution in [0.4, 0.5) is 0 Å². The summed E-state index contributed by atoms with van der Waals surface area (Å²) in [7, 11) is 0. The van der Waals surface area contributed by atoms with Gasteiger partial charge in [0, 0.05) is 5.56 Å². The normalized spacial score (nSPS) is 10.5. The predicted molar refractivity (Wildman–Crippen MR) is 86.2 cm³/mol. The van der Waals surface area contributed by atoms with E-state index in [0.717, 1.165) is 16.8 Å². The largest absolute Gasteiger partial charge is 0.345 e. The highest BCUT2D eigenvalue weighted by Gasteiger charge is 2.11. The minimum atomic E-state index is -0.139. The van der Waals surface area contributed by atoms with Gasteiger partial charge in [-0.2, -0.15) is 4.68 Å². The van der Waals surface area contributed by atoms with Gasteiger partial charge in [-0.3, -0.25) is 4.79 Å². The maximum absolute atomic E-state index is 12.3. The molecule has 0 saturated heterocycles. The van der Waals surface area contributed by atoms with E-state index >= 15 is 0 Å². The number of carbonyl (C=O) groups is 1. The standard InChI is InChI=1S/C17H17N5O/c1-12-8-13(2)10-14(9-12)17(23)18-11-16-19-20-21-22(16)15-6-4-3-5-7-15/h3-10H,11H2,1-2H3,(H,18,23). The topological polar surface area (TPSA) is 72.7 Å². The van der Waals surface area contributed by atoms with Gasteiger partial charge in [-0.25, -0.2) is 0 Å². The second kappa shape index (κ2) is 6.39. The predicted octanol–water partition coefficient (Wildman–Crippen LogP) is 2.21. The molecule has 6 nitrogen and oxygen atoms in total. The van der Waals surface area contributed by atoms with Crippen molar-refractivity contribution in [2.45, 2.75) is 20.4 Å². The fourth-order valence-corrected chi connectivity index (χ4v) is 2.45. The van der Waals surface area contributed by atoms with Gasteiger partial charge < -0.3 is 5.32 Å². The maximum Gasteiger partial charge on any atom is 0.251 e. The number of nitrogens with zero attached hydrogens (tertiary/aromatic N) is 4. The van der Waals surface area contributed by atoms with E-state index in [1.165, 1.54) is 0 Å². The molecule has 0 bridgehead atoms. The minimum absolute atomic E-state index is 0.139. The van der Waals surface area contributed by atoms with Crippen molar-refractivity contribution in [1.29, 1.82) is 0 Å². The summed E-state index contributed by atoms with van der Waals surface area (Å²) in [6, 6.07) is 15.3. The Morgan fingerprint density at radius 2 is 1.78 bits per heavy atom. The molecule has 116 valence electrons. The first-order valence-corrected chi connectivity index (χ1v) is 7.32. The van der Waals surface area contributed by atoms with Gasteiger partial charge >= 0.3 is 0 Å². The molecule has 6 heteroatoms. The minimum Gasteiger partial charge on any atom is -0.345 e. The van der Waals surface area contributed by atoms with Crippen LogP contribution in [0.2, 0.25) is 0 Å². The average Bonchev–Trinajstić information content (AvgIpc) is 3.01. The van der Waals surface area contributed by atoms with Crippen LogP contribution in [0.1, 0.15) is 27.3 Å². The molecule has 1 aromatic heterocycles. The zero-order chi connectivity index (χ0) is 16.2. The number of hydrogen-bond donors (Lipinski definition) is 1. The van der Waals surface area contributed by atoms with Gasteiger partial charge in [0.05, 0.1) is 12.2 Å². The lowest BCUT2D eigenvalue weighted by Gasteiger charge is -2.07. The highest BCUT2D eigenvalue weighted by molar-refractivity contribution is 5.94. The van der Waals surface area contributed by atoms with Crippen molar-refractivity contribution in [3.8, 4) is 5.69 Å². The summed E-state index contributed by atoms with van der Waals surface area (Å²) >= 11 is 0. The third-order valence-corrected chi connectivity index (χ3v) is 3.43. The molecule has 0 aliphatic rings. The Balaban J connectivity index is 1.74. The molecule has 0 aliphatic heterocycles. The lowest BCUT2D eigenvalue weighted by atomic mass is 10.1. The molecule has 0 atom stereocenters. The fraction of sp³-hybridized carbons (Fsp3) is 0.176. The summed E-state index contributed by atoms with van der Waals surface area (Å²) < 4.78 is 1.61. The Morgan fingerprint density at radius 3 is 2.48 bits per heavy atom. The Kier molecular flexibility index (Phi) is 4.14. The first-order valence-electron chi connectivity index (χ1n) is 7.32. The molecule has 0 spiro atoms. The first kappa shape index (κ1) is 14.9. The van der Waals surface area contributed by atoms with Crippen molar-refractivity contribution in [3.05, 3.63) is 71.0 Å². The smallest absolute Gasteiger partial charge is 0.251 e. The highest BCUT2D eigenvalue weighted by Crippen LogP contribution is 2.10. The van der Waals surface area contributed by atoms with Gasteiger partial charge in [-0.05, 0) is 48.5 Å². The monoisotopic (exact) mass is 307 g/mol. The van der Waals surface area contributed by atoms with E-state index < -0.39 is 0 Å². The van der Waals surface area contributed by atoms with E-state index in [-0.39, 0.29) is 12.5 Å². The van der Waals surface area contributed by atoms with Crippen molar-refractivity contribution in [2.24, 2.45) is 0 Å². The molecule has 0 aliphatic carbocycles. The molecule has 1 heterocycles. The second-order valence-electron chi connectivity index (χ2n) is 5.40. The van der Waals surface area contributed by atoms with Crippen molar-refractivity contribution in [3.63, 3.8) is 0 Å². The Bertz CT molecular complexity index is 806. The lowest BCUT2D eigenvalue weighted by Crippen LogP contribution is -2.25. The van der Waals surface area contributed by atoms with Crippen molar-refractivity contribution in [2.75, 3.05) is 0 Å². The van der Waals surface area contributed by atoms with Crippen LogP contribution in [0.25, 0.3) is 5.69 Å². The van der Waals surface area contributed by atoms with E-state index in [1.807, 2.05) is 62.4 Å². The Labute approximate surface area is 134 Å². The highest BCUT2D eigenvalue weighted by atomic mass is 16.1. The number of carbonyl (C=O) groups excluding carboxylic acids is 1. The first-order chi connectivity index (χ1) is 11.1. The summed E-state index contributed by atoms with van der Waals surface area (Å²) in [5.41, 5.74) is 3.61. The molecule has 0 fully saturated rings. The Morgan fingerprint density at radius 1 is 1.09 bits per heavy atom. The summed E-state index contributed by atoms with van der Waals surface area (Å²) in [4.78, 5) is 12.3. The van der Waals surface area contributed by atoms with Crippen LogP contribution in [0.3, 0.4) is 0 Å². The number of para-hydroxylation sites is 1. The summed E-state index contributed by atoms with van der Waals surface area (Å²) in [5, 5.41) is 14.5. The molecule has 3 rings (SSSR count). The van der Waals surface area contributed by atoms with Crippen LogP contribution in [-0.4, -0.2) is 26.1 Å². The van der Waals surface area contributed by atoms with E-state index in [1.54, 1.807) is 4.68 Å². The number of tetrazole rings is 1. The second-order valence-corrected chi connectivity index (χ2v) is 5.40. The molecule has 1 N–H and O–H groups in total. The number of nitrogens with one attached hydrogen (secondary N) is 1. The Hall–Kier alpha value is -3.02. The molecular formula is C17H17N5O. The molecular weight excluding hydrogens is 290 g/mol. The van der Waals surface area contributed by atoms with Gasteiger partial charge in [-0.15, -0.1) is 5.10 Å². The third kappa shape index (κ3) is 3.42. The van der Waals surface area contributed by atoms with Crippen LogP contribution in [0.5, 0.6) is 0 Å². The summed E-state index contributed by atoms with van der Waals surface area (Å²) in [6.45, 7) is 4.20. The number of hydrogen-bond acceptors (Lipinski definition) is 4. The van der Waals surface area contributed by atoms with Gasteiger partial charge in [0.25, 0.3) is 5.91 Å². The number of aromatic nitrogens is 4. The van der Waals surface area contributed by atoms with E-state index in [0.29, 0.717) is 11.4 Å². The van der Waals surface area contributed by atoms with Crippen LogP contribution in [0.15, 0.2) is 48.5 Å². The SMILES string of the molecule is Cc1cc(C)cc(C(=O)NCc2nnnn2-c2ccccc2)c1. The molecule has 0 radical (unpaired) electrons. The zero-order valence-electron chi connectivity index (χ0n) is 13.0. The molecule has 3 aromatic rings. The number of amides is 1. The average molecular weight is 307 g/mol. The molecule has 0 unspecified atom stereocenters. The van der Waals surface area contributed by atoms with Gasteiger partial charge in [0.15, 0.2) is 5.82 Å². The van der Waals surface area contributed by atoms with Crippen LogP contribution >= 0.6 is 0 Å². The van der Waals surface area contributed by atoms with Gasteiger partial charge in [0.2, 0.25) is 0 Å². The van der Waals surface area contributed by atoms with Gasteiger partial charge in [0.1, 0.15) is 0 Å². The fourth-order valence-electron chi connectivity index (χ4n) is 2.45. The van der Waals surface area contributed by atoms with E-state index in [9.17, 15) is 4.79 Å². The van der Waals surface area contributed by atoms with Crippen molar-refractivity contribution >= 4 is 5.91 Å². The summed E-state index contributed by atoms with van der Waals surface area (Å²) in [5.74, 6) is 0.438. The van der Waals surface area contributed by atoms with Crippen molar-refractivity contribution < 1.29 is 4.79 Å². The molecule has 0 saturated carbocycles. The van der Waals surface area contributed by atoms with E-state index in [2.05, 4.69) is 20.8 Å². The third-order valence-electron chi connectivity index (χ3n) is 3.43. The molecule has 1 amide bonds. The van der Waals surface area contributed by atoms with Crippen LogP contribution < -0.4 is 5.32 Å². The van der Waals surface area contributed by atoms with Crippen molar-refractivity contribution in [1.82, 2.24) is 25.5 Å².